The van der Waals surface area contributed by atoms with Crippen molar-refractivity contribution in [3.05, 3.63) is 33.9 Å². The van der Waals surface area contributed by atoms with Gasteiger partial charge in [0.1, 0.15) is 5.56 Å². The fraction of sp³-hybridized carbons (Fsp3) is 0.417. The predicted molar refractivity (Wildman–Crippen MR) is 73.0 cm³/mol. The Morgan fingerprint density at radius 2 is 2.16 bits per heavy atom. The average Bonchev–Trinajstić information content (AvgIpc) is 2.33. The van der Waals surface area contributed by atoms with Gasteiger partial charge in [0, 0.05) is 18.3 Å². The van der Waals surface area contributed by atoms with Crippen LogP contribution in [0.15, 0.2) is 18.2 Å². The second-order valence-corrected chi connectivity index (χ2v) is 4.45. The molecule has 0 fully saturated rings. The zero-order chi connectivity index (χ0) is 14.4. The summed E-state index contributed by atoms with van der Waals surface area (Å²) in [7, 11) is 3.87. The number of carbonyl (C=O) groups excluding carboxylic acids is 1. The number of carbonyl (C=O) groups is 1. The van der Waals surface area contributed by atoms with Gasteiger partial charge in [-0.2, -0.15) is 0 Å². The minimum Gasteiger partial charge on any atom is -0.399 e. The van der Waals surface area contributed by atoms with E-state index in [2.05, 4.69) is 5.32 Å². The van der Waals surface area contributed by atoms with Gasteiger partial charge < -0.3 is 16.0 Å². The lowest BCUT2D eigenvalue weighted by atomic mass is 10.1. The van der Waals surface area contributed by atoms with Crippen molar-refractivity contribution in [2.24, 2.45) is 0 Å². The molecule has 0 saturated heterocycles. The van der Waals surface area contributed by atoms with Crippen LogP contribution in [0.4, 0.5) is 11.4 Å². The van der Waals surface area contributed by atoms with Crippen molar-refractivity contribution >= 4 is 17.3 Å². The molecule has 7 heteroatoms. The Hall–Kier alpha value is -2.15. The monoisotopic (exact) mass is 266 g/mol. The van der Waals surface area contributed by atoms with Gasteiger partial charge >= 0.3 is 0 Å². The quantitative estimate of drug-likeness (QED) is 0.344. The number of rotatable bonds is 6. The highest BCUT2D eigenvalue weighted by Gasteiger charge is 2.19. The molecule has 1 rings (SSSR count). The van der Waals surface area contributed by atoms with Crippen LogP contribution in [0, 0.1) is 10.1 Å². The van der Waals surface area contributed by atoms with Gasteiger partial charge in [-0.15, -0.1) is 0 Å². The van der Waals surface area contributed by atoms with Crippen LogP contribution in [0.5, 0.6) is 0 Å². The number of nitrogens with two attached hydrogens (primary N) is 1. The molecule has 0 atom stereocenters. The molecule has 0 heterocycles. The molecule has 7 nitrogen and oxygen atoms in total. The van der Waals surface area contributed by atoms with Crippen molar-refractivity contribution in [2.45, 2.75) is 6.42 Å². The minimum absolute atomic E-state index is 0.00477. The van der Waals surface area contributed by atoms with Crippen LogP contribution in [-0.4, -0.2) is 42.9 Å². The van der Waals surface area contributed by atoms with E-state index in [1.54, 1.807) is 0 Å². The Morgan fingerprint density at radius 3 is 2.74 bits per heavy atom. The topological polar surface area (TPSA) is 102 Å². The van der Waals surface area contributed by atoms with Crippen LogP contribution in [0.3, 0.4) is 0 Å². The fourth-order valence-electron chi connectivity index (χ4n) is 1.59. The van der Waals surface area contributed by atoms with Gasteiger partial charge in [-0.05, 0) is 39.2 Å². The van der Waals surface area contributed by atoms with Crippen LogP contribution >= 0.6 is 0 Å². The number of nitro benzene ring substituents is 1. The molecule has 0 aliphatic carbocycles. The standard InChI is InChI=1S/C12H18N4O3/c1-15(2)7-3-6-14-12(17)10-8-9(13)4-5-11(10)16(18)19/h4-5,8H,3,6-7,13H2,1-2H3,(H,14,17). The van der Waals surface area contributed by atoms with E-state index in [9.17, 15) is 14.9 Å². The smallest absolute Gasteiger partial charge is 0.282 e. The minimum atomic E-state index is -0.589. The molecule has 0 spiro atoms. The first-order valence-corrected chi connectivity index (χ1v) is 5.88. The van der Waals surface area contributed by atoms with E-state index in [-0.39, 0.29) is 11.3 Å². The first-order valence-electron chi connectivity index (χ1n) is 5.88. The summed E-state index contributed by atoms with van der Waals surface area (Å²) in [5, 5.41) is 13.5. The van der Waals surface area contributed by atoms with Gasteiger partial charge in [-0.25, -0.2) is 0 Å². The lowest BCUT2D eigenvalue weighted by molar-refractivity contribution is -0.385. The van der Waals surface area contributed by atoms with Crippen molar-refractivity contribution in [1.82, 2.24) is 10.2 Å². The molecule has 1 amide bonds. The molecule has 19 heavy (non-hydrogen) atoms. The van der Waals surface area contributed by atoms with E-state index in [4.69, 9.17) is 5.73 Å². The van der Waals surface area contributed by atoms with Gasteiger partial charge in [0.05, 0.1) is 4.92 Å². The molecular weight excluding hydrogens is 248 g/mol. The summed E-state index contributed by atoms with van der Waals surface area (Å²) in [6, 6.07) is 3.96. The molecule has 0 aromatic heterocycles. The summed E-state index contributed by atoms with van der Waals surface area (Å²) in [5.41, 5.74) is 5.63. The summed E-state index contributed by atoms with van der Waals surface area (Å²) in [6.45, 7) is 1.29. The molecule has 0 radical (unpaired) electrons. The lowest BCUT2D eigenvalue weighted by Gasteiger charge is -2.10. The molecule has 3 N–H and O–H groups in total. The molecule has 0 aliphatic rings. The van der Waals surface area contributed by atoms with Gasteiger partial charge in [0.2, 0.25) is 0 Å². The molecule has 0 aliphatic heterocycles. The van der Waals surface area contributed by atoms with Crippen LogP contribution in [0.25, 0.3) is 0 Å². The third kappa shape index (κ3) is 4.55. The number of anilines is 1. The normalized spacial score (nSPS) is 10.5. The summed E-state index contributed by atoms with van der Waals surface area (Å²) in [6.07, 6.45) is 0.773. The Morgan fingerprint density at radius 1 is 1.47 bits per heavy atom. The molecule has 0 unspecified atom stereocenters. The predicted octanol–water partition coefficient (Wildman–Crippen LogP) is 0.859. The van der Waals surface area contributed by atoms with Crippen molar-refractivity contribution < 1.29 is 9.72 Å². The highest BCUT2D eigenvalue weighted by Crippen LogP contribution is 2.20. The largest absolute Gasteiger partial charge is 0.399 e. The van der Waals surface area contributed by atoms with E-state index >= 15 is 0 Å². The molecule has 1 aromatic rings. The average molecular weight is 266 g/mol. The third-order valence-corrected chi connectivity index (χ3v) is 2.53. The summed E-state index contributed by atoms with van der Waals surface area (Å²) < 4.78 is 0. The van der Waals surface area contributed by atoms with Crippen LogP contribution in [0.2, 0.25) is 0 Å². The van der Waals surface area contributed by atoms with E-state index in [0.29, 0.717) is 12.2 Å². The highest BCUT2D eigenvalue weighted by atomic mass is 16.6. The molecule has 1 aromatic carbocycles. The van der Waals surface area contributed by atoms with E-state index in [1.165, 1.54) is 18.2 Å². The Balaban J connectivity index is 2.70. The Bertz CT molecular complexity index is 474. The number of hydrogen-bond donors (Lipinski definition) is 2. The maximum Gasteiger partial charge on any atom is 0.282 e. The van der Waals surface area contributed by atoms with Crippen molar-refractivity contribution in [2.75, 3.05) is 32.9 Å². The van der Waals surface area contributed by atoms with Gasteiger partial charge in [0.25, 0.3) is 11.6 Å². The second-order valence-electron chi connectivity index (χ2n) is 4.45. The maximum absolute atomic E-state index is 11.9. The van der Waals surface area contributed by atoms with Crippen LogP contribution < -0.4 is 11.1 Å². The number of nitrogens with zero attached hydrogens (tertiary/aromatic N) is 2. The van der Waals surface area contributed by atoms with Gasteiger partial charge in [0.15, 0.2) is 0 Å². The van der Waals surface area contributed by atoms with Gasteiger partial charge in [-0.3, -0.25) is 14.9 Å². The van der Waals surface area contributed by atoms with Crippen molar-refractivity contribution in [3.8, 4) is 0 Å². The van der Waals surface area contributed by atoms with E-state index in [1.807, 2.05) is 19.0 Å². The molecule has 0 saturated carbocycles. The van der Waals surface area contributed by atoms with Gasteiger partial charge in [-0.1, -0.05) is 0 Å². The van der Waals surface area contributed by atoms with E-state index in [0.717, 1.165) is 13.0 Å². The maximum atomic E-state index is 11.9. The highest BCUT2D eigenvalue weighted by molar-refractivity contribution is 5.99. The first kappa shape index (κ1) is 14.9. The number of amides is 1. The van der Waals surface area contributed by atoms with Crippen molar-refractivity contribution in [1.29, 1.82) is 0 Å². The van der Waals surface area contributed by atoms with Crippen molar-refractivity contribution in [3.63, 3.8) is 0 Å². The second kappa shape index (κ2) is 6.69. The fourth-order valence-corrected chi connectivity index (χ4v) is 1.59. The summed E-state index contributed by atoms with van der Waals surface area (Å²) >= 11 is 0. The number of benzene rings is 1. The van der Waals surface area contributed by atoms with E-state index < -0.39 is 10.8 Å². The van der Waals surface area contributed by atoms with Crippen LogP contribution in [-0.2, 0) is 0 Å². The van der Waals surface area contributed by atoms with Crippen LogP contribution in [0.1, 0.15) is 16.8 Å². The summed E-state index contributed by atoms with van der Waals surface area (Å²) in [5.74, 6) is -0.474. The zero-order valence-corrected chi connectivity index (χ0v) is 11.0. The number of hydrogen-bond acceptors (Lipinski definition) is 5. The number of nitrogens with one attached hydrogen (secondary N) is 1. The SMILES string of the molecule is CN(C)CCCNC(=O)c1cc(N)ccc1[N+](=O)[O-]. The third-order valence-electron chi connectivity index (χ3n) is 2.53. The Kier molecular flexibility index (Phi) is 5.25. The Labute approximate surface area is 111 Å². The summed E-state index contributed by atoms with van der Waals surface area (Å²) in [4.78, 5) is 24.1. The molecular formula is C12H18N4O3. The molecule has 0 bridgehead atoms. The molecule has 104 valence electrons. The lowest BCUT2D eigenvalue weighted by Crippen LogP contribution is -2.27. The first-order chi connectivity index (χ1) is 8.91. The zero-order valence-electron chi connectivity index (χ0n) is 11.0. The number of nitrogen functional groups attached to an aromatic ring is 1. The number of nitro groups is 1.